The summed E-state index contributed by atoms with van der Waals surface area (Å²) >= 11 is 9.33. The van der Waals surface area contributed by atoms with Crippen molar-refractivity contribution in [3.05, 3.63) is 133 Å². The highest BCUT2D eigenvalue weighted by Gasteiger charge is 2.12. The molecule has 40 heavy (non-hydrogen) atoms. The van der Waals surface area contributed by atoms with Gasteiger partial charge in [-0.05, 0) is 87.2 Å². The number of nitro benzene ring substituents is 1. The number of hydrogen-bond acceptors (Lipinski definition) is 6. The topological polar surface area (TPSA) is 114 Å². The van der Waals surface area contributed by atoms with Crippen molar-refractivity contribution in [3.63, 3.8) is 0 Å². The Morgan fingerprint density at radius 2 is 1.70 bits per heavy atom. The Balaban J connectivity index is 1.35. The molecule has 0 aliphatic heterocycles. The first-order valence-corrected chi connectivity index (χ1v) is 13.0. The second-order valence-electron chi connectivity index (χ2n) is 8.47. The molecule has 1 N–H and O–H groups in total. The van der Waals surface area contributed by atoms with Crippen LogP contribution in [-0.2, 0) is 18.0 Å². The van der Waals surface area contributed by atoms with E-state index in [-0.39, 0.29) is 17.9 Å². The zero-order valence-electron chi connectivity index (χ0n) is 20.8. The number of rotatable bonds is 10. The lowest BCUT2D eigenvalue weighted by Crippen LogP contribution is -2.13. The van der Waals surface area contributed by atoms with Gasteiger partial charge < -0.3 is 14.8 Å². The van der Waals surface area contributed by atoms with Crippen LogP contribution in [0.25, 0.3) is 6.08 Å². The molecule has 0 atom stereocenters. The summed E-state index contributed by atoms with van der Waals surface area (Å²) < 4.78 is 12.1. The van der Waals surface area contributed by atoms with Crippen molar-refractivity contribution in [2.75, 3.05) is 5.32 Å². The number of benzene rings is 4. The van der Waals surface area contributed by atoms with Gasteiger partial charge in [0.2, 0.25) is 0 Å². The molecule has 0 aliphatic carbocycles. The normalized spacial score (nSPS) is 10.9. The van der Waals surface area contributed by atoms with E-state index in [1.807, 2.05) is 18.2 Å². The van der Waals surface area contributed by atoms with Crippen LogP contribution < -0.4 is 14.8 Å². The third-order valence-corrected chi connectivity index (χ3v) is 6.45. The van der Waals surface area contributed by atoms with Crippen molar-refractivity contribution < 1.29 is 19.2 Å². The van der Waals surface area contributed by atoms with Crippen molar-refractivity contribution in [2.45, 2.75) is 13.2 Å². The van der Waals surface area contributed by atoms with Gasteiger partial charge in [-0.3, -0.25) is 14.9 Å². The molecule has 0 saturated carbocycles. The summed E-state index contributed by atoms with van der Waals surface area (Å²) in [5.41, 5.74) is 2.64. The fourth-order valence-electron chi connectivity index (χ4n) is 3.54. The molecule has 0 saturated heterocycles. The highest BCUT2D eigenvalue weighted by Crippen LogP contribution is 2.28. The van der Waals surface area contributed by atoms with E-state index in [4.69, 9.17) is 21.1 Å². The Morgan fingerprint density at radius 3 is 2.38 bits per heavy atom. The molecule has 0 spiro atoms. The first-order valence-electron chi connectivity index (χ1n) is 11.9. The van der Waals surface area contributed by atoms with E-state index in [0.717, 1.165) is 5.56 Å². The Kier molecular flexibility index (Phi) is 9.52. The first-order chi connectivity index (χ1) is 19.3. The fraction of sp³-hybridized carbons (Fsp3) is 0.0667. The average Bonchev–Trinajstić information content (AvgIpc) is 2.96. The van der Waals surface area contributed by atoms with Gasteiger partial charge in [-0.1, -0.05) is 41.9 Å². The molecule has 200 valence electrons. The minimum Gasteiger partial charge on any atom is -0.489 e. The lowest BCUT2D eigenvalue weighted by atomic mass is 10.1. The third kappa shape index (κ3) is 7.93. The smallest absolute Gasteiger partial charge is 0.269 e. The number of nitriles is 1. The van der Waals surface area contributed by atoms with Crippen LogP contribution in [0.15, 0.2) is 101 Å². The molecule has 0 heterocycles. The van der Waals surface area contributed by atoms with E-state index in [1.165, 1.54) is 18.2 Å². The Morgan fingerprint density at radius 1 is 0.975 bits per heavy atom. The number of hydrogen-bond donors (Lipinski definition) is 1. The van der Waals surface area contributed by atoms with Crippen LogP contribution in [0.3, 0.4) is 0 Å². The van der Waals surface area contributed by atoms with E-state index in [1.54, 1.807) is 66.7 Å². The summed E-state index contributed by atoms with van der Waals surface area (Å²) in [5.74, 6) is 0.575. The van der Waals surface area contributed by atoms with Crippen LogP contribution in [0, 0.1) is 21.4 Å². The van der Waals surface area contributed by atoms with Gasteiger partial charge in [0, 0.05) is 22.8 Å². The number of non-ortho nitro benzene ring substituents is 1. The van der Waals surface area contributed by atoms with Crippen LogP contribution in [0.1, 0.15) is 16.7 Å². The second kappa shape index (κ2) is 13.4. The zero-order chi connectivity index (χ0) is 28.5. The molecule has 4 aromatic rings. The molecular formula is C30H21BrClN3O5. The van der Waals surface area contributed by atoms with Gasteiger partial charge in [-0.15, -0.1) is 0 Å². The molecule has 0 radical (unpaired) electrons. The van der Waals surface area contributed by atoms with Crippen molar-refractivity contribution >= 4 is 50.9 Å². The molecule has 0 fully saturated rings. The summed E-state index contributed by atoms with van der Waals surface area (Å²) in [7, 11) is 0. The lowest BCUT2D eigenvalue weighted by Gasteiger charge is -2.10. The number of amides is 1. The molecular weight excluding hydrogens is 598 g/mol. The number of nitrogens with one attached hydrogen (secondary N) is 1. The van der Waals surface area contributed by atoms with Crippen molar-refractivity contribution in [3.8, 4) is 17.6 Å². The van der Waals surface area contributed by atoms with Gasteiger partial charge in [-0.2, -0.15) is 5.26 Å². The highest BCUT2D eigenvalue weighted by atomic mass is 79.9. The maximum atomic E-state index is 12.7. The summed E-state index contributed by atoms with van der Waals surface area (Å²) in [4.78, 5) is 23.2. The van der Waals surface area contributed by atoms with Gasteiger partial charge in [0.05, 0.1) is 9.40 Å². The van der Waals surface area contributed by atoms with Crippen molar-refractivity contribution in [1.82, 2.24) is 0 Å². The molecule has 1 amide bonds. The molecule has 0 aromatic heterocycles. The fourth-order valence-corrected chi connectivity index (χ4v) is 4.18. The number of carbonyl (C=O) groups is 1. The number of nitro groups is 1. The minimum atomic E-state index is -0.556. The Hall–Kier alpha value is -4.65. The predicted molar refractivity (Wildman–Crippen MR) is 156 cm³/mol. The maximum absolute atomic E-state index is 12.7. The number of nitrogens with zero attached hydrogens (tertiary/aromatic N) is 2. The van der Waals surface area contributed by atoms with E-state index in [0.29, 0.717) is 44.4 Å². The van der Waals surface area contributed by atoms with E-state index in [9.17, 15) is 20.2 Å². The van der Waals surface area contributed by atoms with Gasteiger partial charge in [0.25, 0.3) is 11.6 Å². The number of ether oxygens (including phenoxy) is 2. The standard InChI is InChI=1S/C30H21BrClN3O5/c31-28-16-21(6-13-29(28)40-19-22-2-1-3-26(15-22)35(37)38)14-23(17-33)30(36)34-25-9-11-27(12-10-25)39-18-20-4-7-24(32)8-5-20/h1-16H,18-19H2,(H,34,36)/b23-14+. The summed E-state index contributed by atoms with van der Waals surface area (Å²) in [6.07, 6.45) is 1.47. The van der Waals surface area contributed by atoms with Crippen LogP contribution >= 0.6 is 27.5 Å². The number of carbonyl (C=O) groups excluding carboxylic acids is 1. The van der Waals surface area contributed by atoms with Gasteiger partial charge in [-0.25, -0.2) is 0 Å². The largest absolute Gasteiger partial charge is 0.489 e. The quantitative estimate of drug-likeness (QED) is 0.0842. The van der Waals surface area contributed by atoms with E-state index >= 15 is 0 Å². The molecule has 10 heteroatoms. The monoisotopic (exact) mass is 617 g/mol. The summed E-state index contributed by atoms with van der Waals surface area (Å²) in [6.45, 7) is 0.505. The van der Waals surface area contributed by atoms with E-state index < -0.39 is 10.8 Å². The van der Waals surface area contributed by atoms with Crippen LogP contribution in [0.5, 0.6) is 11.5 Å². The SMILES string of the molecule is N#C/C(=C\c1ccc(OCc2cccc([N+](=O)[O-])c2)c(Br)c1)C(=O)Nc1ccc(OCc2ccc(Cl)cc2)cc1. The molecule has 8 nitrogen and oxygen atoms in total. The Bertz CT molecular complexity index is 1600. The van der Waals surface area contributed by atoms with Gasteiger partial charge >= 0.3 is 0 Å². The van der Waals surface area contributed by atoms with Crippen LogP contribution in [-0.4, -0.2) is 10.8 Å². The highest BCUT2D eigenvalue weighted by molar-refractivity contribution is 9.10. The first kappa shape index (κ1) is 28.4. The lowest BCUT2D eigenvalue weighted by molar-refractivity contribution is -0.384. The number of halogens is 2. The average molecular weight is 619 g/mol. The molecule has 0 bridgehead atoms. The summed E-state index contributed by atoms with van der Waals surface area (Å²) in [5, 5.41) is 23.9. The predicted octanol–water partition coefficient (Wildman–Crippen LogP) is 7.71. The Labute approximate surface area is 243 Å². The number of anilines is 1. The minimum absolute atomic E-state index is 0.0126. The van der Waals surface area contributed by atoms with Crippen molar-refractivity contribution in [1.29, 1.82) is 5.26 Å². The van der Waals surface area contributed by atoms with Crippen LogP contribution in [0.2, 0.25) is 5.02 Å². The van der Waals surface area contributed by atoms with Gasteiger partial charge in [0.15, 0.2) is 0 Å². The van der Waals surface area contributed by atoms with Gasteiger partial charge in [0.1, 0.15) is 36.4 Å². The molecule has 0 aliphatic rings. The van der Waals surface area contributed by atoms with Crippen molar-refractivity contribution in [2.24, 2.45) is 0 Å². The van der Waals surface area contributed by atoms with E-state index in [2.05, 4.69) is 21.2 Å². The molecule has 4 aromatic carbocycles. The zero-order valence-corrected chi connectivity index (χ0v) is 23.2. The third-order valence-electron chi connectivity index (χ3n) is 5.58. The van der Waals surface area contributed by atoms with Crippen LogP contribution in [0.4, 0.5) is 11.4 Å². The maximum Gasteiger partial charge on any atom is 0.269 e. The molecule has 4 rings (SSSR count). The summed E-state index contributed by atoms with van der Waals surface area (Å²) in [6, 6.07) is 27.4. The second-order valence-corrected chi connectivity index (χ2v) is 9.76. The molecule has 0 unspecified atom stereocenters.